The van der Waals surface area contributed by atoms with E-state index in [-0.39, 0.29) is 5.78 Å². The molecule has 16 heavy (non-hydrogen) atoms. The SMILES string of the molecule is Cc1ccsc1C(=O)C(N)c1ccccc1. The second-order valence-corrected chi connectivity index (χ2v) is 4.60. The summed E-state index contributed by atoms with van der Waals surface area (Å²) in [7, 11) is 0. The molecule has 2 nitrogen and oxygen atoms in total. The molecule has 0 aliphatic rings. The number of benzene rings is 1. The Bertz CT molecular complexity index is 490. The van der Waals surface area contributed by atoms with Gasteiger partial charge in [-0.15, -0.1) is 11.3 Å². The molecule has 0 spiro atoms. The summed E-state index contributed by atoms with van der Waals surface area (Å²) in [5.41, 5.74) is 7.82. The predicted molar refractivity (Wildman–Crippen MR) is 66.8 cm³/mol. The van der Waals surface area contributed by atoms with E-state index in [0.717, 1.165) is 16.0 Å². The lowest BCUT2D eigenvalue weighted by atomic mass is 10.0. The molecule has 82 valence electrons. The Labute approximate surface area is 98.7 Å². The van der Waals surface area contributed by atoms with E-state index in [1.807, 2.05) is 48.7 Å². The van der Waals surface area contributed by atoms with Crippen molar-refractivity contribution in [1.29, 1.82) is 0 Å². The summed E-state index contributed by atoms with van der Waals surface area (Å²) in [4.78, 5) is 12.9. The van der Waals surface area contributed by atoms with E-state index in [2.05, 4.69) is 0 Å². The molecule has 0 aliphatic carbocycles. The van der Waals surface area contributed by atoms with Crippen LogP contribution in [-0.2, 0) is 0 Å². The van der Waals surface area contributed by atoms with Gasteiger partial charge in [0.2, 0.25) is 0 Å². The molecule has 3 heteroatoms. The average Bonchev–Trinajstić information content (AvgIpc) is 2.75. The van der Waals surface area contributed by atoms with Crippen LogP contribution in [0.4, 0.5) is 0 Å². The van der Waals surface area contributed by atoms with Crippen LogP contribution in [0.15, 0.2) is 41.8 Å². The lowest BCUT2D eigenvalue weighted by molar-refractivity contribution is 0.0965. The van der Waals surface area contributed by atoms with Crippen LogP contribution in [0.5, 0.6) is 0 Å². The van der Waals surface area contributed by atoms with Crippen LogP contribution in [0.1, 0.15) is 26.8 Å². The summed E-state index contributed by atoms with van der Waals surface area (Å²) >= 11 is 1.45. The summed E-state index contributed by atoms with van der Waals surface area (Å²) in [6.07, 6.45) is 0. The quantitative estimate of drug-likeness (QED) is 0.825. The first-order chi connectivity index (χ1) is 7.70. The van der Waals surface area contributed by atoms with Crippen molar-refractivity contribution in [2.24, 2.45) is 5.73 Å². The van der Waals surface area contributed by atoms with E-state index < -0.39 is 6.04 Å². The monoisotopic (exact) mass is 231 g/mol. The highest BCUT2D eigenvalue weighted by molar-refractivity contribution is 7.12. The number of rotatable bonds is 3. The zero-order valence-electron chi connectivity index (χ0n) is 9.01. The Morgan fingerprint density at radius 3 is 2.50 bits per heavy atom. The molecule has 0 saturated carbocycles. The highest BCUT2D eigenvalue weighted by Crippen LogP contribution is 2.22. The Hall–Kier alpha value is -1.45. The molecule has 1 atom stereocenters. The van der Waals surface area contributed by atoms with E-state index in [9.17, 15) is 4.79 Å². The van der Waals surface area contributed by atoms with Gasteiger partial charge in [0, 0.05) is 0 Å². The Morgan fingerprint density at radius 2 is 1.94 bits per heavy atom. The molecule has 0 saturated heterocycles. The fourth-order valence-electron chi connectivity index (χ4n) is 1.58. The molecule has 0 amide bonds. The smallest absolute Gasteiger partial charge is 0.194 e. The third-order valence-electron chi connectivity index (χ3n) is 2.53. The Balaban J connectivity index is 2.27. The zero-order chi connectivity index (χ0) is 11.5. The predicted octanol–water partition coefficient (Wildman–Crippen LogP) is 2.94. The van der Waals surface area contributed by atoms with E-state index in [0.29, 0.717) is 0 Å². The molecule has 2 aromatic rings. The first kappa shape index (κ1) is 11.0. The molecule has 0 bridgehead atoms. The minimum Gasteiger partial charge on any atom is -0.317 e. The fraction of sp³-hybridized carbons (Fsp3) is 0.154. The maximum absolute atomic E-state index is 12.1. The number of hydrogen-bond donors (Lipinski definition) is 1. The molecular formula is C13H13NOS. The largest absolute Gasteiger partial charge is 0.317 e. The Kier molecular flexibility index (Phi) is 3.17. The summed E-state index contributed by atoms with van der Waals surface area (Å²) in [5, 5.41) is 1.92. The van der Waals surface area contributed by atoms with Crippen molar-refractivity contribution in [2.75, 3.05) is 0 Å². The third-order valence-corrected chi connectivity index (χ3v) is 3.56. The standard InChI is InChI=1S/C13H13NOS/c1-9-7-8-16-13(9)12(15)11(14)10-5-3-2-4-6-10/h2-8,11H,14H2,1H3. The number of Topliss-reactive ketones (excluding diaryl/α,β-unsaturated/α-hetero) is 1. The van der Waals surface area contributed by atoms with Gasteiger partial charge in [0.05, 0.1) is 10.9 Å². The van der Waals surface area contributed by atoms with Gasteiger partial charge in [0.15, 0.2) is 5.78 Å². The van der Waals surface area contributed by atoms with Crippen molar-refractivity contribution in [3.63, 3.8) is 0 Å². The summed E-state index contributed by atoms with van der Waals surface area (Å²) in [5.74, 6) is -0.00120. The van der Waals surface area contributed by atoms with Gasteiger partial charge in [-0.25, -0.2) is 0 Å². The van der Waals surface area contributed by atoms with Gasteiger partial charge in [-0.3, -0.25) is 4.79 Å². The van der Waals surface area contributed by atoms with Gasteiger partial charge < -0.3 is 5.73 Å². The van der Waals surface area contributed by atoms with Gasteiger partial charge in [-0.05, 0) is 29.5 Å². The van der Waals surface area contributed by atoms with Gasteiger partial charge >= 0.3 is 0 Å². The normalized spacial score (nSPS) is 12.4. The lowest BCUT2D eigenvalue weighted by Gasteiger charge is -2.10. The molecule has 2 N–H and O–H groups in total. The molecule has 1 aromatic carbocycles. The Morgan fingerprint density at radius 1 is 1.25 bits per heavy atom. The third kappa shape index (κ3) is 2.05. The van der Waals surface area contributed by atoms with Crippen molar-refractivity contribution in [2.45, 2.75) is 13.0 Å². The molecule has 1 aromatic heterocycles. The summed E-state index contributed by atoms with van der Waals surface area (Å²) in [6.45, 7) is 1.93. The second kappa shape index (κ2) is 4.60. The van der Waals surface area contributed by atoms with Gasteiger partial charge in [-0.1, -0.05) is 30.3 Å². The number of hydrogen-bond acceptors (Lipinski definition) is 3. The first-order valence-corrected chi connectivity index (χ1v) is 5.97. The first-order valence-electron chi connectivity index (χ1n) is 5.09. The van der Waals surface area contributed by atoms with Crippen LogP contribution in [0.3, 0.4) is 0 Å². The molecule has 0 aliphatic heterocycles. The topological polar surface area (TPSA) is 43.1 Å². The maximum Gasteiger partial charge on any atom is 0.194 e. The lowest BCUT2D eigenvalue weighted by Crippen LogP contribution is -2.21. The van der Waals surface area contributed by atoms with Crippen LogP contribution in [0.2, 0.25) is 0 Å². The van der Waals surface area contributed by atoms with E-state index in [1.54, 1.807) is 0 Å². The number of aryl methyl sites for hydroxylation is 1. The fourth-order valence-corrected chi connectivity index (χ4v) is 2.48. The second-order valence-electron chi connectivity index (χ2n) is 3.69. The number of carbonyl (C=O) groups is 1. The minimum absolute atomic E-state index is 0.00120. The van der Waals surface area contributed by atoms with Crippen LogP contribution < -0.4 is 5.73 Å². The molecular weight excluding hydrogens is 218 g/mol. The van der Waals surface area contributed by atoms with Crippen molar-refractivity contribution in [1.82, 2.24) is 0 Å². The van der Waals surface area contributed by atoms with E-state index in [1.165, 1.54) is 11.3 Å². The summed E-state index contributed by atoms with van der Waals surface area (Å²) in [6, 6.07) is 10.8. The van der Waals surface area contributed by atoms with Gasteiger partial charge in [-0.2, -0.15) is 0 Å². The summed E-state index contributed by atoms with van der Waals surface area (Å²) < 4.78 is 0. The number of ketones is 1. The molecule has 1 heterocycles. The van der Waals surface area contributed by atoms with Crippen molar-refractivity contribution < 1.29 is 4.79 Å². The molecule has 2 rings (SSSR count). The van der Waals surface area contributed by atoms with Crippen LogP contribution in [-0.4, -0.2) is 5.78 Å². The van der Waals surface area contributed by atoms with Gasteiger partial charge in [0.1, 0.15) is 0 Å². The van der Waals surface area contributed by atoms with Crippen LogP contribution >= 0.6 is 11.3 Å². The van der Waals surface area contributed by atoms with Crippen LogP contribution in [0.25, 0.3) is 0 Å². The molecule has 1 unspecified atom stereocenters. The molecule has 0 radical (unpaired) electrons. The number of nitrogens with two attached hydrogens (primary N) is 1. The number of carbonyl (C=O) groups excluding carboxylic acids is 1. The minimum atomic E-state index is -0.557. The van der Waals surface area contributed by atoms with Gasteiger partial charge in [0.25, 0.3) is 0 Å². The molecule has 0 fully saturated rings. The van der Waals surface area contributed by atoms with E-state index >= 15 is 0 Å². The van der Waals surface area contributed by atoms with Crippen molar-refractivity contribution in [3.05, 3.63) is 57.8 Å². The zero-order valence-corrected chi connectivity index (χ0v) is 9.83. The van der Waals surface area contributed by atoms with Crippen molar-refractivity contribution >= 4 is 17.1 Å². The maximum atomic E-state index is 12.1. The highest BCUT2D eigenvalue weighted by atomic mass is 32.1. The highest BCUT2D eigenvalue weighted by Gasteiger charge is 2.19. The average molecular weight is 231 g/mol. The van der Waals surface area contributed by atoms with E-state index in [4.69, 9.17) is 5.73 Å². The van der Waals surface area contributed by atoms with Crippen molar-refractivity contribution in [3.8, 4) is 0 Å². The van der Waals surface area contributed by atoms with Crippen LogP contribution in [0, 0.1) is 6.92 Å². The number of thiophene rings is 1.